The van der Waals surface area contributed by atoms with Crippen LogP contribution in [-0.2, 0) is 24.8 Å². The van der Waals surface area contributed by atoms with Crippen molar-refractivity contribution in [2.24, 2.45) is 5.92 Å². The molecule has 3 rings (SSSR count). The monoisotopic (exact) mass is 443 g/mol. The standard InChI is InChI=1S/C19H29N3O5S2/c1-21(2)28(24,25)17-9-11-18(12-10-17)29(26,27)22-13-5-6-15(14-22)19(23)20-16-7-3-4-8-16/h9-12,15-16H,3-8,13-14H2,1-2H3,(H,20,23)/t15-/m0/s1. The third-order valence-corrected chi connectivity index (χ3v) is 9.41. The Balaban J connectivity index is 1.72. The zero-order chi connectivity index (χ0) is 21.2. The Morgan fingerprint density at radius 3 is 2.14 bits per heavy atom. The molecule has 1 atom stereocenters. The number of hydrogen-bond donors (Lipinski definition) is 1. The fourth-order valence-corrected chi connectivity index (χ4v) is 6.33. The topological polar surface area (TPSA) is 104 Å². The Bertz CT molecular complexity index is 937. The second kappa shape index (κ2) is 8.71. The van der Waals surface area contributed by atoms with Gasteiger partial charge in [-0.2, -0.15) is 4.31 Å². The first kappa shape index (κ1) is 22.2. The molecule has 1 aromatic rings. The van der Waals surface area contributed by atoms with E-state index < -0.39 is 20.0 Å². The van der Waals surface area contributed by atoms with Gasteiger partial charge in [0.05, 0.1) is 15.7 Å². The van der Waals surface area contributed by atoms with Gasteiger partial charge in [0.2, 0.25) is 26.0 Å². The highest BCUT2D eigenvalue weighted by Crippen LogP contribution is 2.26. The number of rotatable bonds is 6. The van der Waals surface area contributed by atoms with Gasteiger partial charge in [-0.25, -0.2) is 21.1 Å². The molecular formula is C19H29N3O5S2. The average molecular weight is 444 g/mol. The fraction of sp³-hybridized carbons (Fsp3) is 0.632. The Morgan fingerprint density at radius 1 is 0.966 bits per heavy atom. The molecule has 10 heteroatoms. The van der Waals surface area contributed by atoms with Crippen LogP contribution in [-0.4, -0.2) is 64.6 Å². The summed E-state index contributed by atoms with van der Waals surface area (Å²) in [5.74, 6) is -0.420. The van der Waals surface area contributed by atoms with Crippen LogP contribution in [0.3, 0.4) is 0 Å². The Morgan fingerprint density at radius 2 is 1.55 bits per heavy atom. The number of carbonyl (C=O) groups is 1. The van der Waals surface area contributed by atoms with E-state index in [-0.39, 0.29) is 34.2 Å². The molecule has 1 aromatic carbocycles. The van der Waals surface area contributed by atoms with E-state index in [1.807, 2.05) is 0 Å². The minimum atomic E-state index is -3.79. The minimum Gasteiger partial charge on any atom is -0.353 e. The molecule has 2 fully saturated rings. The van der Waals surface area contributed by atoms with Crippen LogP contribution >= 0.6 is 0 Å². The van der Waals surface area contributed by atoms with Crippen LogP contribution in [0.4, 0.5) is 0 Å². The summed E-state index contributed by atoms with van der Waals surface area (Å²) in [6, 6.07) is 5.44. The quantitative estimate of drug-likeness (QED) is 0.716. The van der Waals surface area contributed by atoms with Crippen LogP contribution in [0.2, 0.25) is 0 Å². The van der Waals surface area contributed by atoms with Gasteiger partial charge in [-0.1, -0.05) is 12.8 Å². The molecule has 0 aromatic heterocycles. The van der Waals surface area contributed by atoms with Crippen molar-refractivity contribution in [3.63, 3.8) is 0 Å². The lowest BCUT2D eigenvalue weighted by Crippen LogP contribution is -2.47. The SMILES string of the molecule is CN(C)S(=O)(=O)c1ccc(S(=O)(=O)N2CCC[C@H](C(=O)NC3CCCC3)C2)cc1. The van der Waals surface area contributed by atoms with Gasteiger partial charge in [-0.05, 0) is 49.9 Å². The van der Waals surface area contributed by atoms with Crippen molar-refractivity contribution < 1.29 is 21.6 Å². The van der Waals surface area contributed by atoms with Crippen LogP contribution in [0.5, 0.6) is 0 Å². The summed E-state index contributed by atoms with van der Waals surface area (Å²) < 4.78 is 52.8. The van der Waals surface area contributed by atoms with Crippen molar-refractivity contribution >= 4 is 26.0 Å². The molecule has 1 aliphatic carbocycles. The molecule has 0 spiro atoms. The summed E-state index contributed by atoms with van der Waals surface area (Å²) in [5, 5.41) is 3.06. The van der Waals surface area contributed by atoms with Crippen molar-refractivity contribution in [2.45, 2.75) is 54.4 Å². The molecule has 162 valence electrons. The van der Waals surface area contributed by atoms with Crippen molar-refractivity contribution in [3.8, 4) is 0 Å². The maximum Gasteiger partial charge on any atom is 0.243 e. The highest BCUT2D eigenvalue weighted by Gasteiger charge is 2.34. The third-order valence-electron chi connectivity index (χ3n) is 5.70. The van der Waals surface area contributed by atoms with Crippen LogP contribution < -0.4 is 5.32 Å². The summed E-state index contributed by atoms with van der Waals surface area (Å²) in [5.41, 5.74) is 0. The van der Waals surface area contributed by atoms with E-state index in [1.54, 1.807) is 0 Å². The first-order chi connectivity index (χ1) is 13.6. The van der Waals surface area contributed by atoms with E-state index in [0.717, 1.165) is 30.0 Å². The third kappa shape index (κ3) is 4.82. The van der Waals surface area contributed by atoms with Gasteiger partial charge in [-0.3, -0.25) is 4.79 Å². The van der Waals surface area contributed by atoms with Crippen LogP contribution in [0, 0.1) is 5.92 Å². The fourth-order valence-electron chi connectivity index (χ4n) is 3.91. The van der Waals surface area contributed by atoms with E-state index in [4.69, 9.17) is 0 Å². The molecular weight excluding hydrogens is 414 g/mol. The van der Waals surface area contributed by atoms with Crippen molar-refractivity contribution in [1.82, 2.24) is 13.9 Å². The highest BCUT2D eigenvalue weighted by atomic mass is 32.2. The average Bonchev–Trinajstić information content (AvgIpc) is 3.21. The van der Waals surface area contributed by atoms with Crippen molar-refractivity contribution in [3.05, 3.63) is 24.3 Å². The molecule has 1 aliphatic heterocycles. The maximum atomic E-state index is 13.0. The van der Waals surface area contributed by atoms with Gasteiger partial charge in [-0.15, -0.1) is 0 Å². The first-order valence-corrected chi connectivity index (χ1v) is 12.8. The number of piperidine rings is 1. The van der Waals surface area contributed by atoms with E-state index in [9.17, 15) is 21.6 Å². The molecule has 2 aliphatic rings. The van der Waals surface area contributed by atoms with Crippen molar-refractivity contribution in [2.75, 3.05) is 27.2 Å². The maximum absolute atomic E-state index is 13.0. The summed E-state index contributed by atoms with van der Waals surface area (Å²) in [7, 11) is -4.57. The predicted molar refractivity (Wildman–Crippen MR) is 109 cm³/mol. The summed E-state index contributed by atoms with van der Waals surface area (Å²) in [6.07, 6.45) is 5.51. The zero-order valence-electron chi connectivity index (χ0n) is 16.9. The normalized spacial score (nSPS) is 22.1. The molecule has 8 nitrogen and oxygen atoms in total. The number of hydrogen-bond acceptors (Lipinski definition) is 5. The number of sulfonamides is 2. The van der Waals surface area contributed by atoms with Crippen LogP contribution in [0.1, 0.15) is 38.5 Å². The lowest BCUT2D eigenvalue weighted by molar-refractivity contribution is -0.126. The number of amides is 1. The van der Waals surface area contributed by atoms with Crippen LogP contribution in [0.15, 0.2) is 34.1 Å². The van der Waals surface area contributed by atoms with Crippen LogP contribution in [0.25, 0.3) is 0 Å². The van der Waals surface area contributed by atoms with E-state index in [1.165, 1.54) is 42.7 Å². The van der Waals surface area contributed by atoms with Gasteiger partial charge in [0.25, 0.3) is 0 Å². The second-order valence-corrected chi connectivity index (χ2v) is 12.0. The van der Waals surface area contributed by atoms with Crippen molar-refractivity contribution in [1.29, 1.82) is 0 Å². The Kier molecular flexibility index (Phi) is 6.67. The van der Waals surface area contributed by atoms with Gasteiger partial charge < -0.3 is 5.32 Å². The minimum absolute atomic E-state index is 0.0343. The molecule has 0 radical (unpaired) electrons. The second-order valence-electron chi connectivity index (χ2n) is 7.95. The molecule has 0 unspecified atom stereocenters. The largest absolute Gasteiger partial charge is 0.353 e. The number of nitrogens with zero attached hydrogens (tertiary/aromatic N) is 2. The highest BCUT2D eigenvalue weighted by molar-refractivity contribution is 7.89. The lowest BCUT2D eigenvalue weighted by Gasteiger charge is -2.31. The first-order valence-electron chi connectivity index (χ1n) is 9.95. The molecule has 29 heavy (non-hydrogen) atoms. The Hall–Kier alpha value is -1.49. The zero-order valence-corrected chi connectivity index (χ0v) is 18.5. The van der Waals surface area contributed by atoms with Gasteiger partial charge in [0.15, 0.2) is 0 Å². The molecule has 1 N–H and O–H groups in total. The molecule has 1 heterocycles. The molecule has 1 saturated heterocycles. The predicted octanol–water partition coefficient (Wildman–Crippen LogP) is 1.40. The molecule has 0 bridgehead atoms. The van der Waals surface area contributed by atoms with Gasteiger partial charge in [0.1, 0.15) is 0 Å². The summed E-state index contributed by atoms with van der Waals surface area (Å²) >= 11 is 0. The molecule has 1 amide bonds. The van der Waals surface area contributed by atoms with E-state index in [0.29, 0.717) is 19.4 Å². The number of benzene rings is 1. The van der Waals surface area contributed by atoms with Gasteiger partial charge >= 0.3 is 0 Å². The smallest absolute Gasteiger partial charge is 0.243 e. The van der Waals surface area contributed by atoms with E-state index in [2.05, 4.69) is 5.32 Å². The Labute approximate surface area is 173 Å². The summed E-state index contributed by atoms with van der Waals surface area (Å²) in [6.45, 7) is 0.506. The molecule has 1 saturated carbocycles. The van der Waals surface area contributed by atoms with Gasteiger partial charge in [0, 0.05) is 33.2 Å². The number of nitrogens with one attached hydrogen (secondary N) is 1. The lowest BCUT2D eigenvalue weighted by atomic mass is 9.98. The van der Waals surface area contributed by atoms with E-state index >= 15 is 0 Å². The number of carbonyl (C=O) groups excluding carboxylic acids is 1. The summed E-state index contributed by atoms with van der Waals surface area (Å²) in [4.78, 5) is 12.6.